The minimum Gasteiger partial charge on any atom is -0.507 e. The molecule has 4 aliphatic rings. The smallest absolute Gasteiger partial charge is 0.507 e. The van der Waals surface area contributed by atoms with Crippen LogP contribution >= 0.6 is 163 Å². The number of rotatable bonds is 9. The number of fused-ring (bicyclic) bond motifs is 4. The maximum absolute atomic E-state index is 11.0. The summed E-state index contributed by atoms with van der Waals surface area (Å²) in [7, 11) is 13.6. The van der Waals surface area contributed by atoms with Crippen LogP contribution in [0.5, 0.6) is 28.7 Å². The van der Waals surface area contributed by atoms with Crippen LogP contribution in [-0.4, -0.2) is 125 Å². The van der Waals surface area contributed by atoms with Gasteiger partial charge in [0.15, 0.2) is 5.12 Å². The van der Waals surface area contributed by atoms with E-state index in [-0.39, 0.29) is 64.2 Å². The number of hydrogen-bond acceptors (Lipinski definition) is 20. The van der Waals surface area contributed by atoms with Crippen LogP contribution in [0, 0.1) is 14.2 Å². The van der Waals surface area contributed by atoms with Gasteiger partial charge in [-0.05, 0) is 242 Å². The topological polar surface area (TPSA) is 224 Å². The number of piperidine rings is 2. The Hall–Kier alpha value is -0.930. The van der Waals surface area contributed by atoms with E-state index in [1.165, 1.54) is 64.2 Å². The number of thiocyanates is 1. The minimum atomic E-state index is -3.28. The largest absolute Gasteiger partial charge is 1.00 e. The van der Waals surface area contributed by atoms with Crippen LogP contribution in [0.2, 0.25) is 0 Å². The maximum Gasteiger partial charge on any atom is 1.00 e. The van der Waals surface area contributed by atoms with Crippen LogP contribution in [0.1, 0.15) is 72.1 Å². The van der Waals surface area contributed by atoms with E-state index in [0.717, 1.165) is 98.7 Å². The number of thiol groups is 1. The average Bonchev–Trinajstić information content (AvgIpc) is 1.69. The van der Waals surface area contributed by atoms with E-state index in [1.54, 1.807) is 85.1 Å². The van der Waals surface area contributed by atoms with Gasteiger partial charge in [0.25, 0.3) is 10.1 Å². The SMILES string of the molecule is CC(=O)Oc1ccc(S)cc1Br.CC(=O)Oc1ccc(SC(C)=O)cc1Br.CN1C2CCC1CC(OS(C)(=O)=O)C2.CN1C2CCC1CC(Sc1ccc(O)c(Br)c1)C2.CO.C[S-].ClI(Cl)c1ccccc1.N#CSc1ccc(O)c(Br)c1.Oc1ccccc1Br.[Na+]. The molecule has 500 valence electrons. The second kappa shape index (κ2) is 48.0. The van der Waals surface area contributed by atoms with Crippen molar-refractivity contribution in [2.45, 2.75) is 127 Å². The number of aliphatic hydroxyl groups excluding tert-OH is 1. The molecular weight excluding hydrogens is 1790 g/mol. The summed E-state index contributed by atoms with van der Waals surface area (Å²) in [5.74, 6) is 1.06. The Labute approximate surface area is 644 Å². The summed E-state index contributed by atoms with van der Waals surface area (Å²) in [6, 6.07) is 40.6. The van der Waals surface area contributed by atoms with Gasteiger partial charge in [-0.3, -0.25) is 18.6 Å². The van der Waals surface area contributed by atoms with Crippen LogP contribution in [0.15, 0.2) is 169 Å². The molecule has 0 saturated carbocycles. The molecular formula is C62H72Br5Cl2IN3NaO12S6. The van der Waals surface area contributed by atoms with E-state index >= 15 is 0 Å². The molecule has 0 amide bonds. The molecule has 6 aromatic carbocycles. The standard InChI is InChI=1S/C14H18BrNOS.C10H9BrO3S.C9H17NO3S.C8H7BrO2S.C7H4BrNOS.C6H5BrO.C6H5Cl2I.CH4O.CH4S.Na/c1-16-9-2-3-10(16)7-12(6-9)18-11-4-5-14(17)13(15)8-11;1-6(12)14-10-4-3-8(5-9(10)11)15-7(2)13;1-10-7-3-4-8(10)6-9(5-7)13-14(2,11)12;1-5(10)11-8-3-2-6(12)4-7(8)9;8-6-3-5(11-4-9)1-2-7(6)10;7-5-3-1-2-4-6(5)8;7-9(8)6-4-2-1-3-5-6;2*1-2;/h4-5,8-10,12,17H,2-3,6-7H2,1H3;3-5H,1-2H3;7-9H,3-6H2,1-2H3;2-4,12H,1H3;1-3,10H;1-4,8H;1-5H;2*2H,1H3;/q;;;;;;;;;+1/p-1. The van der Waals surface area contributed by atoms with Gasteiger partial charge in [-0.2, -0.15) is 19.9 Å². The van der Waals surface area contributed by atoms with Gasteiger partial charge in [0.2, 0.25) is 0 Å². The number of halogens is 8. The predicted octanol–water partition coefficient (Wildman–Crippen LogP) is 15.5. The molecule has 0 aliphatic carbocycles. The molecule has 4 N–H and O–H groups in total. The molecule has 4 unspecified atom stereocenters. The van der Waals surface area contributed by atoms with Gasteiger partial charge in [-0.25, -0.2) is 0 Å². The first-order valence-electron chi connectivity index (χ1n) is 27.2. The summed E-state index contributed by atoms with van der Waals surface area (Å²) >= 11 is 26.8. The van der Waals surface area contributed by atoms with Crippen LogP contribution < -0.4 is 39.0 Å². The molecule has 4 aliphatic heterocycles. The molecule has 92 heavy (non-hydrogen) atoms. The van der Waals surface area contributed by atoms with Gasteiger partial charge in [-0.1, -0.05) is 23.9 Å². The first-order valence-corrected chi connectivity index (χ1v) is 43.3. The zero-order chi connectivity index (χ0) is 68.5. The van der Waals surface area contributed by atoms with Gasteiger partial charge in [0.1, 0.15) is 34.1 Å². The summed E-state index contributed by atoms with van der Waals surface area (Å²) in [6.45, 7) is 4.20. The van der Waals surface area contributed by atoms with Gasteiger partial charge in [0.05, 0.1) is 34.7 Å². The van der Waals surface area contributed by atoms with Crippen LogP contribution in [0.3, 0.4) is 0 Å². The number of hydrogen-bond donors (Lipinski definition) is 5. The van der Waals surface area contributed by atoms with E-state index in [1.807, 2.05) is 65.7 Å². The third kappa shape index (κ3) is 35.2. The summed E-state index contributed by atoms with van der Waals surface area (Å²) in [6.07, 6.45) is 12.1. The van der Waals surface area contributed by atoms with Crippen molar-refractivity contribution in [3.63, 3.8) is 0 Å². The van der Waals surface area contributed by atoms with Gasteiger partial charge >= 0.3 is 111 Å². The van der Waals surface area contributed by atoms with E-state index in [2.05, 4.69) is 129 Å². The van der Waals surface area contributed by atoms with E-state index in [0.29, 0.717) is 38.3 Å². The Balaban J connectivity index is 0.000000538. The number of nitriles is 1. The number of carbonyl (C=O) groups excluding carboxylic acids is 3. The number of phenolic OH excluding ortho intramolecular Hbond substituents is 3. The van der Waals surface area contributed by atoms with Crippen LogP contribution in [0.4, 0.5) is 0 Å². The first kappa shape index (κ1) is 89.1. The molecule has 0 spiro atoms. The van der Waals surface area contributed by atoms with Gasteiger partial charge in [0, 0.05) is 76.9 Å². The molecule has 10 rings (SSSR count). The van der Waals surface area contributed by atoms with Crippen molar-refractivity contribution in [3.8, 4) is 34.1 Å². The summed E-state index contributed by atoms with van der Waals surface area (Å²) < 4.78 is 41.4. The fourth-order valence-electron chi connectivity index (χ4n) is 9.14. The molecule has 4 saturated heterocycles. The second-order valence-corrected chi connectivity index (χ2v) is 36.6. The predicted molar refractivity (Wildman–Crippen MR) is 403 cm³/mol. The number of thioether (sulfide) groups is 3. The Bertz CT molecular complexity index is 3350. The zero-order valence-electron chi connectivity index (χ0n) is 51.7. The summed E-state index contributed by atoms with van der Waals surface area (Å²) in [5, 5.41) is 45.5. The molecule has 0 radical (unpaired) electrons. The number of aliphatic hydroxyl groups is 1. The van der Waals surface area contributed by atoms with E-state index in [9.17, 15) is 27.9 Å². The summed E-state index contributed by atoms with van der Waals surface area (Å²) in [4.78, 5) is 40.8. The molecule has 0 aromatic heterocycles. The van der Waals surface area contributed by atoms with Crippen LogP contribution in [0.25, 0.3) is 0 Å². The Morgan fingerprint density at radius 2 is 1.03 bits per heavy atom. The molecule has 4 atom stereocenters. The number of carbonyl (C=O) groups is 3. The second-order valence-electron chi connectivity index (χ2n) is 19.6. The number of esters is 2. The van der Waals surface area contributed by atoms with Crippen molar-refractivity contribution in [3.05, 3.63) is 153 Å². The third-order valence-corrected chi connectivity index (χ3v) is 23.6. The zero-order valence-corrected chi connectivity index (χ0v) is 70.2. The van der Waals surface area contributed by atoms with Crippen molar-refractivity contribution in [1.82, 2.24) is 9.80 Å². The van der Waals surface area contributed by atoms with Crippen molar-refractivity contribution in [2.24, 2.45) is 0 Å². The van der Waals surface area contributed by atoms with E-state index in [4.69, 9.17) is 52.1 Å². The van der Waals surface area contributed by atoms with Crippen LogP contribution in [-0.2, 0) is 41.3 Å². The van der Waals surface area contributed by atoms with Crippen molar-refractivity contribution in [1.29, 1.82) is 5.26 Å². The minimum absolute atomic E-state index is 0. The first-order chi connectivity index (χ1) is 43.0. The summed E-state index contributed by atoms with van der Waals surface area (Å²) in [5.41, 5.74) is 0. The molecule has 6 aromatic rings. The fraction of sp³-hybridized carbons (Fsp3) is 0.355. The van der Waals surface area contributed by atoms with Crippen molar-refractivity contribution < 1.29 is 86.4 Å². The number of phenols is 3. The number of aromatic hydroxyl groups is 3. The Kier molecular flexibility index (Phi) is 46.4. The fourth-order valence-corrected chi connectivity index (χ4v) is 17.2. The molecule has 4 heterocycles. The van der Waals surface area contributed by atoms with Gasteiger partial charge < -0.3 is 52.3 Å². The molecule has 30 heteroatoms. The van der Waals surface area contributed by atoms with Gasteiger partial charge in [-0.15, -0.1) is 24.4 Å². The number of nitrogens with zero attached hydrogens (tertiary/aromatic N) is 3. The van der Waals surface area contributed by atoms with Crippen molar-refractivity contribution >= 4 is 203 Å². The third-order valence-electron chi connectivity index (χ3n) is 13.1. The molecule has 15 nitrogen and oxygen atoms in total. The average molecular weight is 1860 g/mol. The van der Waals surface area contributed by atoms with E-state index < -0.39 is 27.7 Å². The molecule has 4 bridgehead atoms. The Morgan fingerprint density at radius 3 is 1.42 bits per heavy atom. The number of para-hydroxylation sites is 1. The normalized spacial score (nSPS) is 18.1. The maximum atomic E-state index is 11.0. The number of benzene rings is 6. The Morgan fingerprint density at radius 1 is 0.620 bits per heavy atom. The quantitative estimate of drug-likeness (QED) is 0.0104. The monoisotopic (exact) mass is 1860 g/mol. The molecule has 4 fully saturated rings. The van der Waals surface area contributed by atoms with Crippen molar-refractivity contribution in [2.75, 3.05) is 33.7 Å². The number of ether oxygens (including phenoxy) is 2.